The summed E-state index contributed by atoms with van der Waals surface area (Å²) in [6.07, 6.45) is 0. The Kier molecular flexibility index (Phi) is 5.71. The lowest BCUT2D eigenvalue weighted by atomic mass is 10.2. The van der Waals surface area contributed by atoms with E-state index in [1.807, 2.05) is 30.3 Å². The SMILES string of the molecule is O=C(NCc1ccc(-c2nc3ccccc3s2)o1)c1cccc(NS(=O)(=O)c2cccs2)c1. The van der Waals surface area contributed by atoms with E-state index in [1.165, 1.54) is 12.1 Å². The fourth-order valence-corrected chi connectivity index (χ4v) is 6.15. The van der Waals surface area contributed by atoms with E-state index in [1.54, 1.807) is 47.0 Å². The second-order valence-electron chi connectivity index (χ2n) is 7.05. The van der Waals surface area contributed by atoms with Gasteiger partial charge in [-0.3, -0.25) is 9.52 Å². The molecule has 2 aromatic carbocycles. The van der Waals surface area contributed by atoms with Gasteiger partial charge in [0, 0.05) is 11.3 Å². The van der Waals surface area contributed by atoms with Crippen LogP contribution in [0, 0.1) is 0 Å². The Bertz CT molecular complexity index is 1500. The highest BCUT2D eigenvalue weighted by Gasteiger charge is 2.16. The van der Waals surface area contributed by atoms with Crippen molar-refractivity contribution in [1.82, 2.24) is 10.3 Å². The summed E-state index contributed by atoms with van der Waals surface area (Å²) in [6, 6.07) is 21.0. The third-order valence-corrected chi connectivity index (χ3v) is 8.56. The van der Waals surface area contributed by atoms with Gasteiger partial charge < -0.3 is 9.73 Å². The number of aromatic nitrogens is 1. The molecule has 5 aromatic rings. The molecule has 5 rings (SSSR count). The van der Waals surface area contributed by atoms with Crippen molar-refractivity contribution in [2.24, 2.45) is 0 Å². The molecule has 0 atom stereocenters. The number of benzene rings is 2. The van der Waals surface area contributed by atoms with Crippen LogP contribution in [0.4, 0.5) is 5.69 Å². The van der Waals surface area contributed by atoms with E-state index in [9.17, 15) is 13.2 Å². The first-order chi connectivity index (χ1) is 16.0. The van der Waals surface area contributed by atoms with E-state index in [4.69, 9.17) is 4.42 Å². The third-order valence-electron chi connectivity index (χ3n) is 4.73. The van der Waals surface area contributed by atoms with E-state index in [0.29, 0.717) is 22.8 Å². The number of hydrogen-bond donors (Lipinski definition) is 2. The van der Waals surface area contributed by atoms with Crippen molar-refractivity contribution in [2.45, 2.75) is 10.8 Å². The number of amides is 1. The summed E-state index contributed by atoms with van der Waals surface area (Å²) >= 11 is 2.67. The summed E-state index contributed by atoms with van der Waals surface area (Å²) in [5.74, 6) is 0.891. The normalized spacial score (nSPS) is 11.5. The van der Waals surface area contributed by atoms with Gasteiger partial charge in [-0.1, -0.05) is 24.3 Å². The average molecular weight is 496 g/mol. The van der Waals surface area contributed by atoms with E-state index >= 15 is 0 Å². The number of para-hydroxylation sites is 1. The maximum absolute atomic E-state index is 12.6. The van der Waals surface area contributed by atoms with Crippen LogP contribution in [0.25, 0.3) is 21.0 Å². The lowest BCUT2D eigenvalue weighted by molar-refractivity contribution is 0.0948. The first-order valence-corrected chi connectivity index (χ1v) is 13.1. The van der Waals surface area contributed by atoms with Crippen molar-refractivity contribution in [3.63, 3.8) is 0 Å². The Labute approximate surface area is 197 Å². The molecule has 0 aliphatic carbocycles. The van der Waals surface area contributed by atoms with Gasteiger partial charge in [-0.05, 0) is 53.9 Å². The van der Waals surface area contributed by atoms with Crippen LogP contribution >= 0.6 is 22.7 Å². The zero-order valence-corrected chi connectivity index (χ0v) is 19.5. The van der Waals surface area contributed by atoms with Crippen molar-refractivity contribution in [2.75, 3.05) is 4.72 Å². The Balaban J connectivity index is 1.25. The van der Waals surface area contributed by atoms with Gasteiger partial charge in [0.15, 0.2) is 10.8 Å². The Morgan fingerprint density at radius 3 is 2.70 bits per heavy atom. The van der Waals surface area contributed by atoms with Crippen LogP contribution in [0.2, 0.25) is 0 Å². The monoisotopic (exact) mass is 495 g/mol. The fraction of sp³-hybridized carbons (Fsp3) is 0.0435. The molecule has 0 saturated carbocycles. The highest BCUT2D eigenvalue weighted by molar-refractivity contribution is 7.94. The Hall–Kier alpha value is -3.47. The number of rotatable bonds is 7. The molecule has 2 N–H and O–H groups in total. The molecular formula is C23H17N3O4S3. The van der Waals surface area contributed by atoms with Crippen LogP contribution in [0.5, 0.6) is 0 Å². The smallest absolute Gasteiger partial charge is 0.271 e. The molecule has 0 aliphatic heterocycles. The molecule has 0 unspecified atom stereocenters. The number of carbonyl (C=O) groups excluding carboxylic acids is 1. The molecule has 10 heteroatoms. The summed E-state index contributed by atoms with van der Waals surface area (Å²) in [7, 11) is -3.68. The highest BCUT2D eigenvalue weighted by Crippen LogP contribution is 2.31. The van der Waals surface area contributed by atoms with Crippen LogP contribution in [0.1, 0.15) is 16.1 Å². The van der Waals surface area contributed by atoms with Gasteiger partial charge in [0.05, 0.1) is 16.8 Å². The number of anilines is 1. The third kappa shape index (κ3) is 4.68. The van der Waals surface area contributed by atoms with Gasteiger partial charge in [-0.25, -0.2) is 13.4 Å². The van der Waals surface area contributed by atoms with Gasteiger partial charge in [0.1, 0.15) is 9.97 Å². The summed E-state index contributed by atoms with van der Waals surface area (Å²) in [4.78, 5) is 17.2. The van der Waals surface area contributed by atoms with Gasteiger partial charge in [0.25, 0.3) is 15.9 Å². The Morgan fingerprint density at radius 2 is 1.88 bits per heavy atom. The number of fused-ring (bicyclic) bond motifs is 1. The van der Waals surface area contributed by atoms with E-state index in [2.05, 4.69) is 15.0 Å². The molecular weight excluding hydrogens is 478 g/mol. The zero-order chi connectivity index (χ0) is 22.8. The standard InChI is InChI=1S/C23H17N3O4S3/c27-22(15-5-3-6-16(13-15)26-33(28,29)21-9-4-12-31-21)24-14-17-10-11-19(30-17)23-25-18-7-1-2-8-20(18)32-23/h1-13,26H,14H2,(H,24,27). The second kappa shape index (κ2) is 8.81. The first-order valence-electron chi connectivity index (χ1n) is 9.87. The molecule has 1 amide bonds. The van der Waals surface area contributed by atoms with Gasteiger partial charge in [-0.2, -0.15) is 0 Å². The van der Waals surface area contributed by atoms with Gasteiger partial charge >= 0.3 is 0 Å². The summed E-state index contributed by atoms with van der Waals surface area (Å²) < 4.78 is 34.5. The minimum absolute atomic E-state index is 0.189. The number of thiazole rings is 1. The topological polar surface area (TPSA) is 101 Å². The average Bonchev–Trinajstić information content (AvgIpc) is 3.57. The summed E-state index contributed by atoms with van der Waals surface area (Å²) in [5, 5.41) is 5.27. The molecule has 0 fully saturated rings. The van der Waals surface area contributed by atoms with Crippen LogP contribution in [-0.4, -0.2) is 19.3 Å². The zero-order valence-electron chi connectivity index (χ0n) is 17.0. The fourth-order valence-electron chi connectivity index (χ4n) is 3.18. The maximum Gasteiger partial charge on any atom is 0.271 e. The van der Waals surface area contributed by atoms with Crippen LogP contribution in [0.3, 0.4) is 0 Å². The Morgan fingerprint density at radius 1 is 1.00 bits per heavy atom. The van der Waals surface area contributed by atoms with Gasteiger partial charge in [0.2, 0.25) is 0 Å². The molecule has 0 radical (unpaired) electrons. The number of thiophene rings is 1. The molecule has 3 heterocycles. The largest absolute Gasteiger partial charge is 0.457 e. The molecule has 33 heavy (non-hydrogen) atoms. The van der Waals surface area contributed by atoms with E-state index in [0.717, 1.165) is 26.6 Å². The number of sulfonamides is 1. The number of hydrogen-bond acceptors (Lipinski definition) is 7. The van der Waals surface area contributed by atoms with Crippen molar-refractivity contribution < 1.29 is 17.6 Å². The predicted molar refractivity (Wildman–Crippen MR) is 130 cm³/mol. The van der Waals surface area contributed by atoms with E-state index in [-0.39, 0.29) is 16.7 Å². The minimum Gasteiger partial charge on any atom is -0.457 e. The predicted octanol–water partition coefficient (Wildman–Crippen LogP) is 5.35. The number of carbonyl (C=O) groups is 1. The molecule has 0 aliphatic rings. The number of furan rings is 1. The maximum atomic E-state index is 12.6. The van der Waals surface area contributed by atoms with Crippen LogP contribution < -0.4 is 10.0 Å². The molecule has 0 bridgehead atoms. The molecule has 7 nitrogen and oxygen atoms in total. The summed E-state index contributed by atoms with van der Waals surface area (Å²) in [5.41, 5.74) is 1.56. The van der Waals surface area contributed by atoms with Crippen LogP contribution in [-0.2, 0) is 16.6 Å². The van der Waals surface area contributed by atoms with Crippen molar-refractivity contribution >= 4 is 54.5 Å². The second-order valence-corrected chi connectivity index (χ2v) is 10.9. The van der Waals surface area contributed by atoms with Crippen molar-refractivity contribution in [3.05, 3.63) is 89.5 Å². The first kappa shape index (κ1) is 21.4. The molecule has 0 spiro atoms. The van der Waals surface area contributed by atoms with Gasteiger partial charge in [-0.15, -0.1) is 22.7 Å². The highest BCUT2D eigenvalue weighted by atomic mass is 32.2. The van der Waals surface area contributed by atoms with Crippen molar-refractivity contribution in [1.29, 1.82) is 0 Å². The molecule has 3 aromatic heterocycles. The van der Waals surface area contributed by atoms with Crippen molar-refractivity contribution in [3.8, 4) is 10.8 Å². The van der Waals surface area contributed by atoms with Crippen LogP contribution in [0.15, 0.2) is 86.8 Å². The quantitative estimate of drug-likeness (QED) is 0.317. The van der Waals surface area contributed by atoms with E-state index < -0.39 is 10.0 Å². The number of nitrogens with zero attached hydrogens (tertiary/aromatic N) is 1. The number of nitrogens with one attached hydrogen (secondary N) is 2. The molecule has 0 saturated heterocycles. The lowest BCUT2D eigenvalue weighted by Gasteiger charge is -2.08. The summed E-state index contributed by atoms with van der Waals surface area (Å²) in [6.45, 7) is 0.189. The lowest BCUT2D eigenvalue weighted by Crippen LogP contribution is -2.22. The minimum atomic E-state index is -3.68. The molecule has 166 valence electrons.